The molecule has 0 amide bonds. The molecule has 2 aliphatic rings. The van der Waals surface area contributed by atoms with Crippen molar-refractivity contribution in [3.63, 3.8) is 0 Å². The molecule has 1 saturated heterocycles. The van der Waals surface area contributed by atoms with Crippen LogP contribution < -0.4 is 0 Å². The monoisotopic (exact) mass is 274 g/mol. The van der Waals surface area contributed by atoms with Gasteiger partial charge in [-0.25, -0.2) is 0 Å². The molecule has 0 saturated carbocycles. The van der Waals surface area contributed by atoms with E-state index in [9.17, 15) is 0 Å². The lowest BCUT2D eigenvalue weighted by Gasteiger charge is -2.31. The zero-order valence-electron chi connectivity index (χ0n) is 11.2. The number of hydrogen-bond donors (Lipinski definition) is 0. The van der Waals surface area contributed by atoms with Crippen molar-refractivity contribution >= 4 is 11.6 Å². The smallest absolute Gasteiger partial charge is 0.161 e. The molecule has 2 rings (SSSR count). The Labute approximate surface area is 114 Å². The third-order valence-corrected chi connectivity index (χ3v) is 3.93. The van der Waals surface area contributed by atoms with Crippen molar-refractivity contribution in [1.82, 2.24) is 0 Å². The average Bonchev–Trinajstić information content (AvgIpc) is 2.81. The van der Waals surface area contributed by atoms with E-state index in [0.29, 0.717) is 37.5 Å². The summed E-state index contributed by atoms with van der Waals surface area (Å²) in [6.45, 7) is 6.26. The first kappa shape index (κ1) is 14.3. The van der Waals surface area contributed by atoms with Crippen molar-refractivity contribution in [2.45, 2.75) is 39.1 Å². The molecule has 18 heavy (non-hydrogen) atoms. The normalized spacial score (nSPS) is 36.7. The highest BCUT2D eigenvalue weighted by Crippen LogP contribution is 2.35. The molecule has 0 aromatic heterocycles. The highest BCUT2D eigenvalue weighted by molar-refractivity contribution is 6.17. The van der Waals surface area contributed by atoms with Crippen molar-refractivity contribution in [2.24, 2.45) is 11.8 Å². The van der Waals surface area contributed by atoms with E-state index in [1.54, 1.807) is 0 Å². The van der Waals surface area contributed by atoms with E-state index in [0.717, 1.165) is 12.8 Å². The number of rotatable bonds is 5. The largest absolute Gasteiger partial charge is 0.377 e. The Balaban J connectivity index is 1.79. The quantitative estimate of drug-likeness (QED) is 0.438. The minimum absolute atomic E-state index is 0.0618. The summed E-state index contributed by atoms with van der Waals surface area (Å²) in [5.41, 5.74) is 1.45. The maximum atomic E-state index is 5.95. The summed E-state index contributed by atoms with van der Waals surface area (Å²) >= 11 is 5.57. The van der Waals surface area contributed by atoms with Crippen molar-refractivity contribution in [3.05, 3.63) is 11.6 Å². The third kappa shape index (κ3) is 3.70. The second kappa shape index (κ2) is 6.90. The molecule has 4 atom stereocenters. The summed E-state index contributed by atoms with van der Waals surface area (Å²) in [5.74, 6) is 1.63. The van der Waals surface area contributed by atoms with Crippen LogP contribution in [0.15, 0.2) is 11.6 Å². The van der Waals surface area contributed by atoms with Crippen LogP contribution in [0.4, 0.5) is 0 Å². The zero-order valence-corrected chi connectivity index (χ0v) is 12.0. The van der Waals surface area contributed by atoms with Gasteiger partial charge < -0.3 is 14.2 Å². The average molecular weight is 275 g/mol. The number of alkyl halides is 1. The van der Waals surface area contributed by atoms with Crippen molar-refractivity contribution in [2.75, 3.05) is 25.7 Å². The van der Waals surface area contributed by atoms with Gasteiger partial charge in [-0.3, -0.25) is 0 Å². The summed E-state index contributed by atoms with van der Waals surface area (Å²) in [6.07, 6.45) is 4.55. The molecule has 0 spiro atoms. The lowest BCUT2D eigenvalue weighted by molar-refractivity contribution is -0.118. The van der Waals surface area contributed by atoms with Gasteiger partial charge >= 0.3 is 0 Å². The van der Waals surface area contributed by atoms with E-state index in [2.05, 4.69) is 19.9 Å². The molecular weight excluding hydrogens is 252 g/mol. The summed E-state index contributed by atoms with van der Waals surface area (Å²) in [4.78, 5) is 0. The minimum atomic E-state index is -0.0618. The predicted octanol–water partition coefficient (Wildman–Crippen LogP) is 2.98. The Bertz CT molecular complexity index is 293. The van der Waals surface area contributed by atoms with Gasteiger partial charge in [-0.2, -0.15) is 0 Å². The van der Waals surface area contributed by atoms with Crippen molar-refractivity contribution < 1.29 is 14.2 Å². The van der Waals surface area contributed by atoms with Gasteiger partial charge in [0.2, 0.25) is 0 Å². The fourth-order valence-corrected chi connectivity index (χ4v) is 2.74. The lowest BCUT2D eigenvalue weighted by atomic mass is 9.81. The molecule has 1 aliphatic heterocycles. The summed E-state index contributed by atoms with van der Waals surface area (Å²) in [6, 6.07) is 0. The van der Waals surface area contributed by atoms with Gasteiger partial charge in [-0.15, -0.1) is 11.6 Å². The highest BCUT2D eigenvalue weighted by Gasteiger charge is 2.36. The van der Waals surface area contributed by atoms with Crippen LogP contribution in [0.1, 0.15) is 26.7 Å². The van der Waals surface area contributed by atoms with E-state index < -0.39 is 0 Å². The Hall–Kier alpha value is -0.0900. The van der Waals surface area contributed by atoms with Crippen LogP contribution in [-0.4, -0.2) is 38.1 Å². The van der Waals surface area contributed by atoms with Crippen LogP contribution in [0.25, 0.3) is 0 Å². The SMILES string of the molecule is CC1=CC[C@H](C)[C@H]([C@H]2OC[C@H](COCCCl)O2)C1. The Kier molecular flexibility index (Phi) is 5.49. The Morgan fingerprint density at radius 1 is 1.50 bits per heavy atom. The molecule has 104 valence electrons. The second-order valence-corrected chi connectivity index (χ2v) is 5.73. The first-order chi connectivity index (χ1) is 8.70. The molecule has 4 heteroatoms. The zero-order chi connectivity index (χ0) is 13.0. The highest BCUT2D eigenvalue weighted by atomic mass is 35.5. The van der Waals surface area contributed by atoms with Crippen molar-refractivity contribution in [1.29, 1.82) is 0 Å². The maximum absolute atomic E-state index is 5.95. The molecule has 1 fully saturated rings. The molecule has 0 unspecified atom stereocenters. The van der Waals surface area contributed by atoms with Crippen LogP contribution in [0.5, 0.6) is 0 Å². The summed E-state index contributed by atoms with van der Waals surface area (Å²) in [5, 5.41) is 0. The van der Waals surface area contributed by atoms with Crippen LogP contribution >= 0.6 is 11.6 Å². The summed E-state index contributed by atoms with van der Waals surface area (Å²) in [7, 11) is 0. The molecule has 3 nitrogen and oxygen atoms in total. The van der Waals surface area contributed by atoms with Crippen LogP contribution in [-0.2, 0) is 14.2 Å². The Morgan fingerprint density at radius 3 is 3.11 bits per heavy atom. The van der Waals surface area contributed by atoms with Gasteiger partial charge in [0, 0.05) is 11.8 Å². The predicted molar refractivity (Wildman–Crippen MR) is 71.8 cm³/mol. The first-order valence-electron chi connectivity index (χ1n) is 6.77. The molecule has 0 aromatic rings. The molecule has 1 heterocycles. The number of halogens is 1. The van der Waals surface area contributed by atoms with E-state index in [4.69, 9.17) is 25.8 Å². The number of allylic oxidation sites excluding steroid dienone is 2. The van der Waals surface area contributed by atoms with Gasteiger partial charge in [-0.05, 0) is 25.7 Å². The van der Waals surface area contributed by atoms with E-state index in [1.807, 2.05) is 0 Å². The lowest BCUT2D eigenvalue weighted by Crippen LogP contribution is -2.30. The topological polar surface area (TPSA) is 27.7 Å². The molecule has 0 N–H and O–H groups in total. The van der Waals surface area contributed by atoms with Crippen LogP contribution in [0.3, 0.4) is 0 Å². The molecular formula is C14H23ClO3. The molecule has 0 radical (unpaired) electrons. The van der Waals surface area contributed by atoms with Gasteiger partial charge in [-0.1, -0.05) is 18.6 Å². The molecule has 0 aromatic carbocycles. The van der Waals surface area contributed by atoms with Gasteiger partial charge in [0.25, 0.3) is 0 Å². The van der Waals surface area contributed by atoms with Crippen molar-refractivity contribution in [3.8, 4) is 0 Å². The van der Waals surface area contributed by atoms with Gasteiger partial charge in [0.15, 0.2) is 6.29 Å². The third-order valence-electron chi connectivity index (χ3n) is 3.77. The fourth-order valence-electron chi connectivity index (χ4n) is 2.63. The van der Waals surface area contributed by atoms with Gasteiger partial charge in [0.05, 0.1) is 19.8 Å². The standard InChI is InChI=1S/C14H23ClO3/c1-10-3-4-11(2)13(7-10)14-17-9-12(18-14)8-16-6-5-15/h3,11-14H,4-9H2,1-2H3/t11-,12-,13+,14-/m0/s1. The fraction of sp³-hybridized carbons (Fsp3) is 0.857. The van der Waals surface area contributed by atoms with Crippen LogP contribution in [0.2, 0.25) is 0 Å². The molecule has 0 bridgehead atoms. The Morgan fingerprint density at radius 2 is 2.33 bits per heavy atom. The van der Waals surface area contributed by atoms with Crippen LogP contribution in [0, 0.1) is 11.8 Å². The second-order valence-electron chi connectivity index (χ2n) is 5.36. The van der Waals surface area contributed by atoms with Gasteiger partial charge in [0.1, 0.15) is 6.10 Å². The molecule has 1 aliphatic carbocycles. The summed E-state index contributed by atoms with van der Waals surface area (Å²) < 4.78 is 17.1. The number of ether oxygens (including phenoxy) is 3. The first-order valence-corrected chi connectivity index (χ1v) is 7.30. The van der Waals surface area contributed by atoms with E-state index in [-0.39, 0.29) is 12.4 Å². The number of hydrogen-bond acceptors (Lipinski definition) is 3. The minimum Gasteiger partial charge on any atom is -0.377 e. The maximum Gasteiger partial charge on any atom is 0.161 e. The van der Waals surface area contributed by atoms with E-state index in [1.165, 1.54) is 5.57 Å². The van der Waals surface area contributed by atoms with E-state index >= 15 is 0 Å².